The molecule has 0 spiro atoms. The van der Waals surface area contributed by atoms with Crippen LogP contribution in [-0.4, -0.2) is 22.9 Å². The van der Waals surface area contributed by atoms with Gasteiger partial charge in [0.15, 0.2) is 15.8 Å². The monoisotopic (exact) mass is 427 g/mol. The van der Waals surface area contributed by atoms with Gasteiger partial charge >= 0.3 is 0 Å². The molecule has 1 atom stereocenters. The predicted octanol–water partition coefficient (Wildman–Crippen LogP) is 5.98. The van der Waals surface area contributed by atoms with Crippen molar-refractivity contribution in [2.24, 2.45) is 0 Å². The van der Waals surface area contributed by atoms with E-state index in [0.717, 1.165) is 23.2 Å². The van der Waals surface area contributed by atoms with Crippen LogP contribution in [0.25, 0.3) is 6.08 Å². The first-order valence-corrected chi connectivity index (χ1v) is 10.9. The fourth-order valence-corrected chi connectivity index (χ4v) is 4.21. The lowest BCUT2D eigenvalue weighted by molar-refractivity contribution is -0.113. The second kappa shape index (κ2) is 9.46. The van der Waals surface area contributed by atoms with Gasteiger partial charge in [0.1, 0.15) is 0 Å². The standard InChI is InChI=1S/C23H25NO3S2/c1-5-16(4)27-19-12-11-17(13-20(19)26-6-2)14-21-22(25)24(23(28)29-21)18-10-8-7-9-15(18)3/h7-14,16H,5-6H2,1-4H3/b21-14+/t16-/m1/s1. The van der Waals surface area contributed by atoms with E-state index in [2.05, 4.69) is 6.92 Å². The molecule has 0 radical (unpaired) electrons. The van der Waals surface area contributed by atoms with E-state index in [-0.39, 0.29) is 12.0 Å². The summed E-state index contributed by atoms with van der Waals surface area (Å²) in [6.07, 6.45) is 2.87. The Morgan fingerprint density at radius 3 is 2.62 bits per heavy atom. The highest BCUT2D eigenvalue weighted by Gasteiger charge is 2.34. The zero-order chi connectivity index (χ0) is 21.0. The van der Waals surface area contributed by atoms with Gasteiger partial charge in [-0.25, -0.2) is 0 Å². The molecule has 1 heterocycles. The molecule has 6 heteroatoms. The molecule has 0 aromatic heterocycles. The number of carbonyl (C=O) groups excluding carboxylic acids is 1. The highest BCUT2D eigenvalue weighted by atomic mass is 32.2. The smallest absolute Gasteiger partial charge is 0.270 e. The molecule has 2 aromatic rings. The van der Waals surface area contributed by atoms with Crippen LogP contribution < -0.4 is 14.4 Å². The lowest BCUT2D eigenvalue weighted by atomic mass is 10.1. The van der Waals surface area contributed by atoms with Gasteiger partial charge in [0.2, 0.25) is 0 Å². The number of anilines is 1. The van der Waals surface area contributed by atoms with E-state index in [1.165, 1.54) is 11.8 Å². The number of benzene rings is 2. The second-order valence-corrected chi connectivity index (χ2v) is 8.46. The molecule has 3 rings (SSSR count). The van der Waals surface area contributed by atoms with Crippen LogP contribution in [0.15, 0.2) is 47.4 Å². The quantitative estimate of drug-likeness (QED) is 0.402. The molecular weight excluding hydrogens is 402 g/mol. The maximum Gasteiger partial charge on any atom is 0.270 e. The highest BCUT2D eigenvalue weighted by Crippen LogP contribution is 2.38. The molecule has 0 N–H and O–H groups in total. The van der Waals surface area contributed by atoms with Crippen LogP contribution in [0.2, 0.25) is 0 Å². The lowest BCUT2D eigenvalue weighted by Crippen LogP contribution is -2.28. The van der Waals surface area contributed by atoms with Crippen LogP contribution in [0.5, 0.6) is 11.5 Å². The number of thioether (sulfide) groups is 1. The highest BCUT2D eigenvalue weighted by molar-refractivity contribution is 8.27. The van der Waals surface area contributed by atoms with Gasteiger partial charge < -0.3 is 9.47 Å². The average Bonchev–Trinajstić information content (AvgIpc) is 2.97. The van der Waals surface area contributed by atoms with Gasteiger partial charge in [0, 0.05) is 0 Å². The van der Waals surface area contributed by atoms with Gasteiger partial charge in [-0.3, -0.25) is 9.69 Å². The van der Waals surface area contributed by atoms with E-state index in [1.807, 2.05) is 69.3 Å². The summed E-state index contributed by atoms with van der Waals surface area (Å²) < 4.78 is 12.3. The largest absolute Gasteiger partial charge is 0.490 e. The fourth-order valence-electron chi connectivity index (χ4n) is 2.92. The van der Waals surface area contributed by atoms with E-state index in [4.69, 9.17) is 21.7 Å². The zero-order valence-corrected chi connectivity index (χ0v) is 18.7. The Morgan fingerprint density at radius 1 is 1.17 bits per heavy atom. The summed E-state index contributed by atoms with van der Waals surface area (Å²) in [7, 11) is 0. The Balaban J connectivity index is 1.90. The molecule has 29 heavy (non-hydrogen) atoms. The lowest BCUT2D eigenvalue weighted by Gasteiger charge is -2.17. The first-order chi connectivity index (χ1) is 13.9. The Labute approximate surface area is 181 Å². The Hall–Kier alpha value is -2.31. The van der Waals surface area contributed by atoms with E-state index < -0.39 is 0 Å². The van der Waals surface area contributed by atoms with E-state index >= 15 is 0 Å². The summed E-state index contributed by atoms with van der Waals surface area (Å²) in [6.45, 7) is 8.56. The number of thiocarbonyl (C=S) groups is 1. The third-order valence-corrected chi connectivity index (χ3v) is 5.92. The van der Waals surface area contributed by atoms with Crippen LogP contribution >= 0.6 is 24.0 Å². The minimum absolute atomic E-state index is 0.102. The molecule has 152 valence electrons. The molecule has 1 fully saturated rings. The molecule has 2 aromatic carbocycles. The van der Waals surface area contributed by atoms with E-state index in [0.29, 0.717) is 27.3 Å². The van der Waals surface area contributed by atoms with Crippen molar-refractivity contribution in [3.8, 4) is 11.5 Å². The van der Waals surface area contributed by atoms with Crippen LogP contribution in [0.3, 0.4) is 0 Å². The van der Waals surface area contributed by atoms with Crippen molar-refractivity contribution in [2.75, 3.05) is 11.5 Å². The number of hydrogen-bond acceptors (Lipinski definition) is 5. The molecule has 1 amide bonds. The van der Waals surface area contributed by atoms with Gasteiger partial charge in [0.05, 0.1) is 23.3 Å². The molecule has 1 saturated heterocycles. The first-order valence-electron chi connectivity index (χ1n) is 9.71. The molecular formula is C23H25NO3S2. The normalized spacial score (nSPS) is 16.4. The minimum atomic E-state index is -0.104. The number of aryl methyl sites for hydroxylation is 1. The number of rotatable bonds is 7. The number of carbonyl (C=O) groups is 1. The Morgan fingerprint density at radius 2 is 1.93 bits per heavy atom. The van der Waals surface area contributed by atoms with Gasteiger partial charge in [-0.1, -0.05) is 55.2 Å². The summed E-state index contributed by atoms with van der Waals surface area (Å²) in [5, 5.41) is 0. The van der Waals surface area contributed by atoms with Gasteiger partial charge in [-0.05, 0) is 62.6 Å². The van der Waals surface area contributed by atoms with Crippen LogP contribution in [0.1, 0.15) is 38.3 Å². The zero-order valence-electron chi connectivity index (χ0n) is 17.1. The van der Waals surface area contributed by atoms with Gasteiger partial charge in [0.25, 0.3) is 5.91 Å². The second-order valence-electron chi connectivity index (χ2n) is 6.78. The van der Waals surface area contributed by atoms with Crippen LogP contribution in [0.4, 0.5) is 5.69 Å². The number of ether oxygens (including phenoxy) is 2. The SMILES string of the molecule is CCOc1cc(/C=C2/SC(=S)N(c3ccccc3C)C2=O)ccc1O[C@H](C)CC. The minimum Gasteiger partial charge on any atom is -0.490 e. The fraction of sp³-hybridized carbons (Fsp3) is 0.304. The number of hydrogen-bond donors (Lipinski definition) is 0. The summed E-state index contributed by atoms with van der Waals surface area (Å²) in [5.74, 6) is 1.29. The topological polar surface area (TPSA) is 38.8 Å². The summed E-state index contributed by atoms with van der Waals surface area (Å²) in [5.41, 5.74) is 2.70. The maximum atomic E-state index is 13.0. The summed E-state index contributed by atoms with van der Waals surface area (Å²) >= 11 is 6.80. The Kier molecular flexibility index (Phi) is 6.98. The summed E-state index contributed by atoms with van der Waals surface area (Å²) in [6, 6.07) is 13.5. The third kappa shape index (κ3) is 4.82. The predicted molar refractivity (Wildman–Crippen MR) is 125 cm³/mol. The van der Waals surface area contributed by atoms with Crippen molar-refractivity contribution in [1.82, 2.24) is 0 Å². The molecule has 1 aliphatic rings. The molecule has 0 saturated carbocycles. The van der Waals surface area contributed by atoms with Crippen LogP contribution in [-0.2, 0) is 4.79 Å². The van der Waals surface area contributed by atoms with Crippen molar-refractivity contribution in [3.05, 3.63) is 58.5 Å². The van der Waals surface area contributed by atoms with E-state index in [9.17, 15) is 4.79 Å². The number of para-hydroxylation sites is 1. The van der Waals surface area contributed by atoms with Crippen molar-refractivity contribution >= 4 is 46.0 Å². The van der Waals surface area contributed by atoms with Crippen molar-refractivity contribution < 1.29 is 14.3 Å². The van der Waals surface area contributed by atoms with Crippen molar-refractivity contribution in [3.63, 3.8) is 0 Å². The first kappa shape index (κ1) is 21.4. The van der Waals surface area contributed by atoms with Crippen LogP contribution in [0, 0.1) is 6.92 Å². The number of nitrogens with zero attached hydrogens (tertiary/aromatic N) is 1. The van der Waals surface area contributed by atoms with Crippen molar-refractivity contribution in [1.29, 1.82) is 0 Å². The molecule has 0 unspecified atom stereocenters. The van der Waals surface area contributed by atoms with E-state index in [1.54, 1.807) is 4.90 Å². The average molecular weight is 428 g/mol. The molecule has 1 aliphatic heterocycles. The van der Waals surface area contributed by atoms with Gasteiger partial charge in [-0.2, -0.15) is 0 Å². The molecule has 0 aliphatic carbocycles. The van der Waals surface area contributed by atoms with Gasteiger partial charge in [-0.15, -0.1) is 0 Å². The number of amides is 1. The molecule has 4 nitrogen and oxygen atoms in total. The maximum absolute atomic E-state index is 13.0. The third-order valence-electron chi connectivity index (χ3n) is 4.62. The summed E-state index contributed by atoms with van der Waals surface area (Å²) in [4.78, 5) is 15.2. The Bertz CT molecular complexity index is 955. The van der Waals surface area contributed by atoms with Crippen molar-refractivity contribution in [2.45, 2.75) is 40.2 Å². The molecule has 0 bridgehead atoms.